The van der Waals surface area contributed by atoms with Crippen LogP contribution >= 0.6 is 22.6 Å². The number of likely N-dealkylation sites (tertiary alicyclic amines) is 1. The van der Waals surface area contributed by atoms with Crippen molar-refractivity contribution >= 4 is 34.1 Å². The van der Waals surface area contributed by atoms with Crippen molar-refractivity contribution in [2.45, 2.75) is 63.3 Å². The lowest BCUT2D eigenvalue weighted by Gasteiger charge is -2.43. The third kappa shape index (κ3) is 4.36. The number of alkyl halides is 1. The monoisotopic (exact) mass is 546 g/mol. The van der Waals surface area contributed by atoms with E-state index in [0.717, 1.165) is 49.3 Å². The molecule has 6 nitrogen and oxygen atoms in total. The van der Waals surface area contributed by atoms with Crippen LogP contribution < -0.4 is 4.74 Å². The van der Waals surface area contributed by atoms with Crippen molar-refractivity contribution in [3.8, 4) is 5.75 Å². The van der Waals surface area contributed by atoms with E-state index in [4.69, 9.17) is 9.72 Å². The third-order valence-corrected chi connectivity index (χ3v) is 7.85. The molecule has 3 aromatic heterocycles. The molecule has 0 N–H and O–H groups in total. The van der Waals surface area contributed by atoms with Crippen LogP contribution in [0, 0.1) is 13.8 Å². The number of rotatable bonds is 6. The van der Waals surface area contributed by atoms with Gasteiger partial charge in [0.1, 0.15) is 9.19 Å². The molecule has 32 heavy (non-hydrogen) atoms. The van der Waals surface area contributed by atoms with Gasteiger partial charge in [0.15, 0.2) is 11.4 Å². The number of piperidine rings is 1. The lowest BCUT2D eigenvalue weighted by Crippen LogP contribution is -2.52. The van der Waals surface area contributed by atoms with Crippen molar-refractivity contribution in [1.82, 2.24) is 19.3 Å². The third-order valence-electron chi connectivity index (χ3n) is 6.35. The van der Waals surface area contributed by atoms with E-state index in [0.29, 0.717) is 24.5 Å². The van der Waals surface area contributed by atoms with Crippen molar-refractivity contribution in [3.05, 3.63) is 58.8 Å². The first-order valence-electron chi connectivity index (χ1n) is 11.4. The Kier molecular flexibility index (Phi) is 6.74. The summed E-state index contributed by atoms with van der Waals surface area (Å²) in [5, 5.41) is 0. The van der Waals surface area contributed by atoms with Gasteiger partial charge in [-0.05, 0) is 75.8 Å². The fourth-order valence-electron chi connectivity index (χ4n) is 4.40. The number of amides is 1. The second-order valence-corrected chi connectivity index (χ2v) is 10.5. The van der Waals surface area contributed by atoms with Crippen molar-refractivity contribution in [3.63, 3.8) is 0 Å². The first kappa shape index (κ1) is 23.0. The summed E-state index contributed by atoms with van der Waals surface area (Å²) in [6.45, 7) is 9.42. The summed E-state index contributed by atoms with van der Waals surface area (Å²) in [6, 6.07) is 5.94. The smallest absolute Gasteiger partial charge is 0.277 e. The molecule has 0 radical (unpaired) electrons. The van der Waals surface area contributed by atoms with E-state index in [2.05, 4.69) is 64.3 Å². The summed E-state index contributed by atoms with van der Waals surface area (Å²) in [5.74, 6) is 0.520. The molecule has 0 spiro atoms. The van der Waals surface area contributed by atoms with Crippen LogP contribution in [0.25, 0.3) is 5.65 Å². The average Bonchev–Trinajstić information content (AvgIpc) is 3.19. The van der Waals surface area contributed by atoms with Gasteiger partial charge in [0.25, 0.3) is 5.91 Å². The normalized spacial score (nSPS) is 18.8. The molecule has 4 heterocycles. The van der Waals surface area contributed by atoms with Crippen LogP contribution in [-0.2, 0) is 12.8 Å². The van der Waals surface area contributed by atoms with Gasteiger partial charge in [-0.3, -0.25) is 4.79 Å². The molecular weight excluding hydrogens is 515 g/mol. The molecule has 4 rings (SSSR count). The highest BCUT2D eigenvalue weighted by Gasteiger charge is 2.41. The Morgan fingerprint density at radius 1 is 1.16 bits per heavy atom. The first-order chi connectivity index (χ1) is 15.4. The largest absolute Gasteiger partial charge is 0.491 e. The highest BCUT2D eigenvalue weighted by atomic mass is 127. The minimum atomic E-state index is -0.346. The Labute approximate surface area is 203 Å². The number of imidazole rings is 1. The van der Waals surface area contributed by atoms with Crippen molar-refractivity contribution in [2.24, 2.45) is 0 Å². The topological polar surface area (TPSA) is 59.7 Å². The lowest BCUT2D eigenvalue weighted by atomic mass is 9.97. The number of halogens is 1. The van der Waals surface area contributed by atoms with Crippen molar-refractivity contribution in [1.29, 1.82) is 0 Å². The SMILES string of the molecule is CCOc1ccc(CC)nc1C(=O)N1CCCC[C@]1(I)Cc1cn2ccc(C)c(C)c2n1. The predicted octanol–water partition coefficient (Wildman–Crippen LogP) is 5.31. The van der Waals surface area contributed by atoms with Crippen molar-refractivity contribution < 1.29 is 9.53 Å². The zero-order valence-electron chi connectivity index (χ0n) is 19.3. The molecule has 170 valence electrons. The highest BCUT2D eigenvalue weighted by molar-refractivity contribution is 14.1. The lowest BCUT2D eigenvalue weighted by molar-refractivity contribution is 0.0574. The predicted molar refractivity (Wildman–Crippen MR) is 135 cm³/mol. The number of aryl methyl sites for hydroxylation is 3. The number of ether oxygens (including phenoxy) is 1. The molecule has 0 bridgehead atoms. The van der Waals surface area contributed by atoms with Crippen LogP contribution in [0.2, 0.25) is 0 Å². The second-order valence-electron chi connectivity index (χ2n) is 8.53. The number of pyridine rings is 2. The van der Waals surface area contributed by atoms with E-state index < -0.39 is 0 Å². The Morgan fingerprint density at radius 3 is 2.72 bits per heavy atom. The minimum Gasteiger partial charge on any atom is -0.491 e. The molecule has 7 heteroatoms. The molecular formula is C25H31IN4O2. The second kappa shape index (κ2) is 9.37. The summed E-state index contributed by atoms with van der Waals surface area (Å²) < 4.78 is 7.51. The van der Waals surface area contributed by atoms with E-state index >= 15 is 0 Å². The molecule has 1 saturated heterocycles. The van der Waals surface area contributed by atoms with E-state index in [1.807, 2.05) is 30.9 Å². The fraction of sp³-hybridized carbons (Fsp3) is 0.480. The van der Waals surface area contributed by atoms with Gasteiger partial charge < -0.3 is 14.0 Å². The summed E-state index contributed by atoms with van der Waals surface area (Å²) in [7, 11) is 0. The first-order valence-corrected chi connectivity index (χ1v) is 12.5. The van der Waals surface area contributed by atoms with Gasteiger partial charge in [-0.2, -0.15) is 0 Å². The Balaban J connectivity index is 1.68. The number of hydrogen-bond acceptors (Lipinski definition) is 4. The fourth-order valence-corrected chi connectivity index (χ4v) is 5.63. The van der Waals surface area contributed by atoms with E-state index in [1.165, 1.54) is 11.1 Å². The van der Waals surface area contributed by atoms with E-state index in [-0.39, 0.29) is 9.45 Å². The van der Waals surface area contributed by atoms with Crippen LogP contribution in [-0.4, -0.2) is 41.9 Å². The van der Waals surface area contributed by atoms with Gasteiger partial charge in [0, 0.05) is 31.1 Å². The van der Waals surface area contributed by atoms with Crippen molar-refractivity contribution in [2.75, 3.05) is 13.2 Å². The highest BCUT2D eigenvalue weighted by Crippen LogP contribution is 2.39. The molecule has 1 aliphatic rings. The number of fused-ring (bicyclic) bond motifs is 1. The minimum absolute atomic E-state index is 0.0476. The van der Waals surface area contributed by atoms with Gasteiger partial charge in [-0.15, -0.1) is 0 Å². The maximum absolute atomic E-state index is 13.8. The number of nitrogens with zero attached hydrogens (tertiary/aromatic N) is 4. The average molecular weight is 546 g/mol. The zero-order valence-corrected chi connectivity index (χ0v) is 21.5. The number of hydrogen-bond donors (Lipinski definition) is 0. The molecule has 1 atom stereocenters. The van der Waals surface area contributed by atoms with Crippen LogP contribution in [0.5, 0.6) is 5.75 Å². The molecule has 1 fully saturated rings. The molecule has 0 aliphatic carbocycles. The molecule has 0 unspecified atom stereocenters. The molecule has 0 saturated carbocycles. The van der Waals surface area contributed by atoms with Crippen LogP contribution in [0.4, 0.5) is 0 Å². The summed E-state index contributed by atoms with van der Waals surface area (Å²) in [6.07, 6.45) is 8.67. The van der Waals surface area contributed by atoms with Gasteiger partial charge in [-0.25, -0.2) is 9.97 Å². The molecule has 1 amide bonds. The van der Waals surface area contributed by atoms with Gasteiger partial charge in [-0.1, -0.05) is 29.5 Å². The number of aromatic nitrogens is 3. The summed E-state index contributed by atoms with van der Waals surface area (Å²) in [5.41, 5.74) is 5.76. The maximum Gasteiger partial charge on any atom is 0.277 e. The van der Waals surface area contributed by atoms with Gasteiger partial charge in [0.05, 0.1) is 12.3 Å². The molecule has 3 aromatic rings. The number of carbonyl (C=O) groups is 1. The molecule has 0 aromatic carbocycles. The van der Waals surface area contributed by atoms with Crippen LogP contribution in [0.15, 0.2) is 30.6 Å². The van der Waals surface area contributed by atoms with Gasteiger partial charge in [0.2, 0.25) is 0 Å². The maximum atomic E-state index is 13.8. The van der Waals surface area contributed by atoms with E-state index in [1.54, 1.807) is 0 Å². The molecule has 1 aliphatic heterocycles. The van der Waals surface area contributed by atoms with Crippen LogP contribution in [0.1, 0.15) is 66.1 Å². The van der Waals surface area contributed by atoms with Gasteiger partial charge >= 0.3 is 0 Å². The Bertz CT molecular complexity index is 1140. The zero-order chi connectivity index (χ0) is 22.9. The Hall–Kier alpha value is -2.16. The van der Waals surface area contributed by atoms with Crippen LogP contribution in [0.3, 0.4) is 0 Å². The standard InChI is InChI=1S/C25H31IN4O2/c1-5-19-9-10-21(32-6-2)22(27-19)24(31)30-13-8-7-12-25(30,26)15-20-16-29-14-11-17(3)18(4)23(29)28-20/h9-11,14,16H,5-8,12-13,15H2,1-4H3/t25-/m1/s1. The number of carbonyl (C=O) groups excluding carboxylic acids is 1. The Morgan fingerprint density at radius 2 is 1.97 bits per heavy atom. The van der Waals surface area contributed by atoms with E-state index in [9.17, 15) is 4.79 Å². The summed E-state index contributed by atoms with van der Waals surface area (Å²) >= 11 is 2.48. The quantitative estimate of drug-likeness (QED) is 0.239. The summed E-state index contributed by atoms with van der Waals surface area (Å²) in [4.78, 5) is 25.4.